The molecule has 1 aromatic carbocycles. The third-order valence-corrected chi connectivity index (χ3v) is 6.00. The number of benzene rings is 1. The van der Waals surface area contributed by atoms with Gasteiger partial charge in [-0.25, -0.2) is 0 Å². The third kappa shape index (κ3) is 28.1. The molecule has 1 N–H and O–H groups in total. The maximum absolute atomic E-state index is 10.5. The number of rotatable bonds is 17. The van der Waals surface area contributed by atoms with Crippen LogP contribution in [0.5, 0.6) is 0 Å². The van der Waals surface area contributed by atoms with Crippen molar-refractivity contribution in [1.82, 2.24) is 0 Å². The van der Waals surface area contributed by atoms with Gasteiger partial charge in [0.2, 0.25) is 0 Å². The summed E-state index contributed by atoms with van der Waals surface area (Å²) in [6, 6.07) is 10.3. The van der Waals surface area contributed by atoms with Crippen molar-refractivity contribution < 1.29 is 13.0 Å². The molecule has 3 nitrogen and oxygen atoms in total. The molecular weight excluding hydrogens is 403 g/mol. The number of unbranched alkanes of at least 4 members (excludes halogenated alkanes) is 15. The first kappa shape index (κ1) is 32.3. The van der Waals surface area contributed by atoms with Crippen molar-refractivity contribution in [2.45, 2.75) is 117 Å². The number of aryl methyl sites for hydroxylation is 1. The predicted octanol–water partition coefficient (Wildman–Crippen LogP) is 7.48. The van der Waals surface area contributed by atoms with Crippen LogP contribution in [-0.2, 0) is 10.1 Å². The summed E-state index contributed by atoms with van der Waals surface area (Å²) in [6.45, 7) is 4.35. The van der Waals surface area contributed by atoms with Gasteiger partial charge >= 0.3 is 29.6 Å². The first-order valence-corrected chi connectivity index (χ1v) is 13.5. The molecule has 0 amide bonds. The van der Waals surface area contributed by atoms with Crippen LogP contribution in [0.1, 0.15) is 115 Å². The van der Waals surface area contributed by atoms with E-state index in [4.69, 9.17) is 4.55 Å². The van der Waals surface area contributed by atoms with Crippen LogP contribution in [0.15, 0.2) is 30.3 Å². The van der Waals surface area contributed by atoms with E-state index < -0.39 is 10.1 Å². The van der Waals surface area contributed by atoms with Gasteiger partial charge < -0.3 is 0 Å². The van der Waals surface area contributed by atoms with Crippen molar-refractivity contribution in [1.29, 1.82) is 0 Å². The fourth-order valence-corrected chi connectivity index (χ4v) is 3.94. The summed E-state index contributed by atoms with van der Waals surface area (Å²) >= 11 is 0. The Morgan fingerprint density at radius 1 is 0.633 bits per heavy atom. The molecule has 1 aromatic rings. The average Bonchev–Trinajstić information content (AvgIpc) is 2.68. The summed E-state index contributed by atoms with van der Waals surface area (Å²) in [4.78, 5) is 0. The summed E-state index contributed by atoms with van der Waals surface area (Å²) in [7, 11) is -3.74. The molecule has 0 aromatic heterocycles. The molecule has 0 spiro atoms. The summed E-state index contributed by atoms with van der Waals surface area (Å²) in [6.07, 6.45) is 20.3. The van der Waals surface area contributed by atoms with Gasteiger partial charge in [-0.2, -0.15) is 8.42 Å². The molecule has 172 valence electrons. The van der Waals surface area contributed by atoms with Gasteiger partial charge in [-0.05, 0) is 13.3 Å². The van der Waals surface area contributed by atoms with Crippen LogP contribution in [0, 0.1) is 6.92 Å². The number of hydrogen-bond donors (Lipinski definition) is 1. The average molecular weight is 451 g/mol. The predicted molar refractivity (Wildman–Crippen MR) is 134 cm³/mol. The summed E-state index contributed by atoms with van der Waals surface area (Å²) < 4.78 is 29.7. The molecule has 0 saturated carbocycles. The third-order valence-electron chi connectivity index (χ3n) is 5.20. The van der Waals surface area contributed by atoms with E-state index >= 15 is 0 Å². The second-order valence-corrected chi connectivity index (χ2v) is 9.82. The number of hydrogen-bond acceptors (Lipinski definition) is 2. The van der Waals surface area contributed by atoms with E-state index in [1.165, 1.54) is 89.0 Å². The van der Waals surface area contributed by atoms with Crippen LogP contribution in [0.4, 0.5) is 0 Å². The molecule has 0 aliphatic rings. The van der Waals surface area contributed by atoms with Crippen LogP contribution in [0.25, 0.3) is 0 Å². The zero-order chi connectivity index (χ0) is 21.6. The maximum atomic E-state index is 10.5. The van der Waals surface area contributed by atoms with E-state index in [0.29, 0.717) is 6.42 Å². The van der Waals surface area contributed by atoms with Gasteiger partial charge in [-0.1, -0.05) is 139 Å². The van der Waals surface area contributed by atoms with Crippen molar-refractivity contribution >= 4 is 39.7 Å². The van der Waals surface area contributed by atoms with E-state index in [9.17, 15) is 8.42 Å². The van der Waals surface area contributed by atoms with Crippen molar-refractivity contribution in [3.63, 3.8) is 0 Å². The van der Waals surface area contributed by atoms with Gasteiger partial charge in [-0.3, -0.25) is 4.55 Å². The van der Waals surface area contributed by atoms with Crippen molar-refractivity contribution in [2.24, 2.45) is 0 Å². The Bertz CT molecular complexity index is 547. The van der Waals surface area contributed by atoms with Gasteiger partial charge in [0.1, 0.15) is 0 Å². The Morgan fingerprint density at radius 3 is 1.23 bits per heavy atom. The quantitative estimate of drug-likeness (QED) is 0.152. The Labute approximate surface area is 209 Å². The minimum atomic E-state index is -3.74. The van der Waals surface area contributed by atoms with Crippen molar-refractivity contribution in [3.05, 3.63) is 35.9 Å². The molecule has 30 heavy (non-hydrogen) atoms. The SMILES string of the molecule is CCCCCCCCCCCCCCCCCCS(=O)(=O)O.Cc1ccccc1.[NaH]. The van der Waals surface area contributed by atoms with Crippen LogP contribution in [-0.4, -0.2) is 48.3 Å². The van der Waals surface area contributed by atoms with E-state index in [1.807, 2.05) is 18.2 Å². The van der Waals surface area contributed by atoms with E-state index in [-0.39, 0.29) is 35.3 Å². The molecule has 0 heterocycles. The molecule has 0 aliphatic carbocycles. The first-order valence-electron chi connectivity index (χ1n) is 11.9. The molecule has 0 fully saturated rings. The Hall–Kier alpha value is 0.130. The van der Waals surface area contributed by atoms with Crippen LogP contribution >= 0.6 is 0 Å². The molecule has 1 rings (SSSR count). The molecule has 5 heteroatoms. The molecule has 0 bridgehead atoms. The van der Waals surface area contributed by atoms with Gasteiger partial charge in [0.25, 0.3) is 10.1 Å². The molecule has 0 saturated heterocycles. The molecule has 0 aliphatic heterocycles. The fourth-order valence-electron chi connectivity index (χ4n) is 3.37. The molecule has 0 radical (unpaired) electrons. The van der Waals surface area contributed by atoms with Crippen LogP contribution in [0.3, 0.4) is 0 Å². The standard InChI is InChI=1S/C18H38O3S.C7H8.Na.H/c1-2-3-4-5-6-7-8-9-10-11-12-13-14-15-16-17-18-22(19,20)21;1-7-5-3-2-4-6-7;;/h2-18H2,1H3,(H,19,20,21);2-6H,1H3;;. The summed E-state index contributed by atoms with van der Waals surface area (Å²) in [5.74, 6) is -0.0779. The molecule has 0 atom stereocenters. The summed E-state index contributed by atoms with van der Waals surface area (Å²) in [5.41, 5.74) is 1.32. The Balaban J connectivity index is 0. The van der Waals surface area contributed by atoms with Crippen molar-refractivity contribution in [3.8, 4) is 0 Å². The first-order chi connectivity index (χ1) is 14.0. The van der Waals surface area contributed by atoms with Crippen LogP contribution in [0.2, 0.25) is 0 Å². The van der Waals surface area contributed by atoms with Crippen molar-refractivity contribution in [2.75, 3.05) is 5.75 Å². The van der Waals surface area contributed by atoms with Gasteiger partial charge in [0.05, 0.1) is 5.75 Å². The van der Waals surface area contributed by atoms with E-state index in [1.54, 1.807) is 0 Å². The molecular formula is C25H47NaO3S. The zero-order valence-corrected chi connectivity index (χ0v) is 19.9. The monoisotopic (exact) mass is 450 g/mol. The van der Waals surface area contributed by atoms with Crippen LogP contribution < -0.4 is 0 Å². The second-order valence-electron chi connectivity index (χ2n) is 8.24. The normalized spacial score (nSPS) is 10.8. The zero-order valence-electron chi connectivity index (χ0n) is 19.1. The van der Waals surface area contributed by atoms with Gasteiger partial charge in [-0.15, -0.1) is 0 Å². The summed E-state index contributed by atoms with van der Waals surface area (Å²) in [5, 5.41) is 0. The topological polar surface area (TPSA) is 54.4 Å². The van der Waals surface area contributed by atoms with Gasteiger partial charge in [0, 0.05) is 0 Å². The van der Waals surface area contributed by atoms with Gasteiger partial charge in [0.15, 0.2) is 0 Å². The molecule has 0 unspecified atom stereocenters. The van der Waals surface area contributed by atoms with E-state index in [0.717, 1.165) is 12.8 Å². The second kappa shape index (κ2) is 23.8. The van der Waals surface area contributed by atoms with E-state index in [2.05, 4.69) is 26.0 Å². The Kier molecular flexibility index (Phi) is 25.6. The Morgan fingerprint density at radius 2 is 0.967 bits per heavy atom. The fraction of sp³-hybridized carbons (Fsp3) is 0.760. The minimum absolute atomic E-state index is 0.